The second-order valence-electron chi connectivity index (χ2n) is 13.3. The van der Waals surface area contributed by atoms with Gasteiger partial charge in [0.05, 0.1) is 0 Å². The summed E-state index contributed by atoms with van der Waals surface area (Å²) in [6.07, 6.45) is 0. The SMILES string of the molecule is CC1(C)c2cc3c4ccccc4c4ccccc4c3cc2-c2c1cc(-c1ccc3c(ccc4ccccc43)c1)c1ccccc21. The maximum atomic E-state index is 2.51. The fourth-order valence-electron chi connectivity index (χ4n) is 8.40. The molecule has 0 aliphatic heterocycles. The lowest BCUT2D eigenvalue weighted by Crippen LogP contribution is -2.15. The van der Waals surface area contributed by atoms with Crippen molar-refractivity contribution in [2.45, 2.75) is 19.3 Å². The van der Waals surface area contributed by atoms with Gasteiger partial charge in [0.2, 0.25) is 0 Å². The van der Waals surface area contributed by atoms with E-state index >= 15 is 0 Å². The van der Waals surface area contributed by atoms with Crippen LogP contribution >= 0.6 is 0 Å². The smallest absolute Gasteiger partial charge is 0.0159 e. The van der Waals surface area contributed by atoms with Crippen LogP contribution in [0.5, 0.6) is 0 Å². The quantitative estimate of drug-likeness (QED) is 0.172. The van der Waals surface area contributed by atoms with E-state index in [2.05, 4.69) is 159 Å². The maximum absolute atomic E-state index is 2.51. The first-order valence-corrected chi connectivity index (χ1v) is 15.9. The van der Waals surface area contributed by atoms with Gasteiger partial charge in [-0.3, -0.25) is 0 Å². The second-order valence-corrected chi connectivity index (χ2v) is 13.3. The van der Waals surface area contributed by atoms with Crippen LogP contribution in [0, 0.1) is 0 Å². The third-order valence-corrected chi connectivity index (χ3v) is 10.6. The third-order valence-electron chi connectivity index (χ3n) is 10.6. The van der Waals surface area contributed by atoms with Gasteiger partial charge in [-0.25, -0.2) is 0 Å². The van der Waals surface area contributed by atoms with E-state index in [0.717, 1.165) is 0 Å². The number of benzene rings is 9. The van der Waals surface area contributed by atoms with Gasteiger partial charge < -0.3 is 0 Å². The van der Waals surface area contributed by atoms with E-state index in [9.17, 15) is 0 Å². The van der Waals surface area contributed by atoms with Crippen molar-refractivity contribution < 1.29 is 0 Å². The van der Waals surface area contributed by atoms with Crippen molar-refractivity contribution in [1.82, 2.24) is 0 Å². The molecule has 0 spiro atoms. The summed E-state index contributed by atoms with van der Waals surface area (Å²) >= 11 is 0. The fraction of sp³-hybridized carbons (Fsp3) is 0.0667. The van der Waals surface area contributed by atoms with Crippen molar-refractivity contribution in [2.24, 2.45) is 0 Å². The minimum absolute atomic E-state index is 0.141. The zero-order chi connectivity index (χ0) is 29.9. The Morgan fingerprint density at radius 2 is 0.867 bits per heavy atom. The summed E-state index contributed by atoms with van der Waals surface area (Å²) in [6, 6.07) is 54.6. The third kappa shape index (κ3) is 3.32. The summed E-state index contributed by atoms with van der Waals surface area (Å²) in [4.78, 5) is 0. The average molecular weight is 571 g/mol. The molecule has 0 radical (unpaired) electrons. The van der Waals surface area contributed by atoms with Gasteiger partial charge in [-0.2, -0.15) is 0 Å². The minimum Gasteiger partial charge on any atom is -0.0616 e. The summed E-state index contributed by atoms with van der Waals surface area (Å²) in [5, 5.41) is 15.8. The van der Waals surface area contributed by atoms with Crippen LogP contribution in [0.3, 0.4) is 0 Å². The zero-order valence-corrected chi connectivity index (χ0v) is 25.4. The molecule has 0 aromatic heterocycles. The van der Waals surface area contributed by atoms with Gasteiger partial charge in [0.25, 0.3) is 0 Å². The van der Waals surface area contributed by atoms with E-state index in [-0.39, 0.29) is 5.41 Å². The lowest BCUT2D eigenvalue weighted by molar-refractivity contribution is 0.662. The van der Waals surface area contributed by atoms with Gasteiger partial charge in [0, 0.05) is 5.41 Å². The molecule has 0 heteroatoms. The number of hydrogen-bond acceptors (Lipinski definition) is 0. The lowest BCUT2D eigenvalue weighted by Gasteiger charge is -2.23. The first-order valence-electron chi connectivity index (χ1n) is 15.9. The van der Waals surface area contributed by atoms with Crippen LogP contribution in [0.25, 0.3) is 86.9 Å². The van der Waals surface area contributed by atoms with Gasteiger partial charge >= 0.3 is 0 Å². The molecule has 0 amide bonds. The van der Waals surface area contributed by atoms with Gasteiger partial charge in [0.15, 0.2) is 0 Å². The summed E-state index contributed by atoms with van der Waals surface area (Å²) < 4.78 is 0. The Bertz CT molecular complexity index is 2720. The maximum Gasteiger partial charge on any atom is 0.0159 e. The lowest BCUT2D eigenvalue weighted by atomic mass is 9.79. The predicted octanol–water partition coefficient (Wildman–Crippen LogP) is 12.6. The summed E-state index contributed by atoms with van der Waals surface area (Å²) in [5.74, 6) is 0. The van der Waals surface area contributed by atoms with E-state index in [0.29, 0.717) is 0 Å². The van der Waals surface area contributed by atoms with Gasteiger partial charge in [0.1, 0.15) is 0 Å². The van der Waals surface area contributed by atoms with Crippen molar-refractivity contribution in [3.8, 4) is 22.3 Å². The molecule has 9 aromatic rings. The first kappa shape index (κ1) is 24.9. The molecule has 0 nitrogen and oxygen atoms in total. The van der Waals surface area contributed by atoms with Gasteiger partial charge in [-0.05, 0) is 122 Å². The molecule has 0 unspecified atom stereocenters. The van der Waals surface area contributed by atoms with Crippen LogP contribution in [0.15, 0.2) is 146 Å². The van der Waals surface area contributed by atoms with Crippen LogP contribution in [0.4, 0.5) is 0 Å². The Morgan fingerprint density at radius 3 is 1.58 bits per heavy atom. The molecule has 0 N–H and O–H groups in total. The molecular weight excluding hydrogens is 540 g/mol. The molecule has 45 heavy (non-hydrogen) atoms. The number of fused-ring (bicyclic) bond motifs is 14. The molecule has 0 bridgehead atoms. The van der Waals surface area contributed by atoms with E-state index in [1.807, 2.05) is 0 Å². The van der Waals surface area contributed by atoms with Gasteiger partial charge in [-0.1, -0.05) is 135 Å². The monoisotopic (exact) mass is 570 g/mol. The van der Waals surface area contributed by atoms with Crippen LogP contribution in [-0.4, -0.2) is 0 Å². The number of hydrogen-bond donors (Lipinski definition) is 0. The summed E-state index contributed by atoms with van der Waals surface area (Å²) in [7, 11) is 0. The van der Waals surface area contributed by atoms with Crippen molar-refractivity contribution >= 4 is 64.6 Å². The molecule has 1 aliphatic rings. The highest BCUT2D eigenvalue weighted by Crippen LogP contribution is 2.55. The Morgan fingerprint density at radius 1 is 0.333 bits per heavy atom. The standard InChI is InChI=1S/C45H30/c1-45(2)42-26-40-35-16-8-6-14-33(35)32-13-5-7-15-34(32)39(40)24-41(42)44-37-18-10-9-17-36(37)38(25-43(44)45)29-21-22-31-28(23-29)20-19-27-11-3-4-12-30(27)31/h3-26H,1-2H3. The Labute approximate surface area is 262 Å². The van der Waals surface area contributed by atoms with E-state index in [1.165, 1.54) is 98.0 Å². The number of rotatable bonds is 1. The molecule has 0 saturated heterocycles. The topological polar surface area (TPSA) is 0 Å². The normalized spacial score (nSPS) is 13.7. The fourth-order valence-corrected chi connectivity index (χ4v) is 8.40. The molecule has 1 aliphatic carbocycles. The largest absolute Gasteiger partial charge is 0.0616 e. The summed E-state index contributed by atoms with van der Waals surface area (Å²) in [5.41, 5.74) is 8.02. The first-order chi connectivity index (χ1) is 22.1. The molecule has 0 atom stereocenters. The van der Waals surface area contributed by atoms with Crippen molar-refractivity contribution in [3.63, 3.8) is 0 Å². The molecule has 0 fully saturated rings. The Balaban J connectivity index is 1.28. The molecular formula is C45H30. The highest BCUT2D eigenvalue weighted by atomic mass is 14.4. The molecule has 210 valence electrons. The van der Waals surface area contributed by atoms with E-state index in [1.54, 1.807) is 0 Å². The van der Waals surface area contributed by atoms with E-state index < -0.39 is 0 Å². The average Bonchev–Trinajstić information content (AvgIpc) is 3.32. The van der Waals surface area contributed by atoms with Gasteiger partial charge in [-0.15, -0.1) is 0 Å². The van der Waals surface area contributed by atoms with Crippen molar-refractivity contribution in [3.05, 3.63) is 157 Å². The van der Waals surface area contributed by atoms with Crippen LogP contribution in [0.1, 0.15) is 25.0 Å². The minimum atomic E-state index is -0.141. The van der Waals surface area contributed by atoms with Crippen LogP contribution < -0.4 is 0 Å². The second kappa shape index (κ2) is 8.80. The van der Waals surface area contributed by atoms with E-state index in [4.69, 9.17) is 0 Å². The van der Waals surface area contributed by atoms with Crippen LogP contribution in [0.2, 0.25) is 0 Å². The zero-order valence-electron chi connectivity index (χ0n) is 25.4. The van der Waals surface area contributed by atoms with Crippen molar-refractivity contribution in [1.29, 1.82) is 0 Å². The summed E-state index contributed by atoms with van der Waals surface area (Å²) in [6.45, 7) is 4.83. The van der Waals surface area contributed by atoms with Crippen LogP contribution in [-0.2, 0) is 5.41 Å². The molecule has 0 saturated carbocycles. The Hall–Kier alpha value is -5.46. The molecule has 0 heterocycles. The molecule has 9 aromatic carbocycles. The van der Waals surface area contributed by atoms with Crippen molar-refractivity contribution in [2.75, 3.05) is 0 Å². The highest BCUT2D eigenvalue weighted by Gasteiger charge is 2.38. The predicted molar refractivity (Wildman–Crippen MR) is 194 cm³/mol. The molecule has 10 rings (SSSR count). The Kier molecular flexibility index (Phi) is 4.88. The highest BCUT2D eigenvalue weighted by molar-refractivity contribution is 6.26.